The fraction of sp³-hybridized carbons (Fsp3) is 0.214. The normalized spacial score (nSPS) is 10.5. The van der Waals surface area contributed by atoms with Gasteiger partial charge in [0.1, 0.15) is 5.69 Å². The molecule has 0 radical (unpaired) electrons. The van der Waals surface area contributed by atoms with Gasteiger partial charge in [-0.1, -0.05) is 17.7 Å². The monoisotopic (exact) mass is 277 g/mol. The molecule has 1 amide bonds. The number of carbonyl (C=O) groups is 1. The van der Waals surface area contributed by atoms with Gasteiger partial charge in [0.05, 0.1) is 5.69 Å². The van der Waals surface area contributed by atoms with Crippen molar-refractivity contribution >= 4 is 28.9 Å². The summed E-state index contributed by atoms with van der Waals surface area (Å²) in [5, 5.41) is 3.44. The Kier molecular flexibility index (Phi) is 3.81. The van der Waals surface area contributed by atoms with E-state index in [0.717, 1.165) is 5.56 Å². The minimum Gasteiger partial charge on any atom is -0.397 e. The molecule has 0 unspecified atom stereocenters. The van der Waals surface area contributed by atoms with Gasteiger partial charge in [0.25, 0.3) is 5.91 Å². The van der Waals surface area contributed by atoms with Gasteiger partial charge in [-0.15, -0.1) is 0 Å². The van der Waals surface area contributed by atoms with Crippen LogP contribution in [0.4, 0.5) is 11.4 Å². The fourth-order valence-electron chi connectivity index (χ4n) is 1.85. The molecule has 0 atom stereocenters. The van der Waals surface area contributed by atoms with Crippen LogP contribution >= 0.6 is 11.6 Å². The van der Waals surface area contributed by atoms with E-state index >= 15 is 0 Å². The second-order valence-corrected chi connectivity index (χ2v) is 4.77. The van der Waals surface area contributed by atoms with Gasteiger partial charge in [-0.3, -0.25) is 4.79 Å². The lowest BCUT2D eigenvalue weighted by molar-refractivity contribution is 0.101. The van der Waals surface area contributed by atoms with Crippen molar-refractivity contribution in [3.63, 3.8) is 0 Å². The first-order chi connectivity index (χ1) is 9.01. The molecule has 1 aromatic heterocycles. The Bertz CT molecular complexity index is 619. The van der Waals surface area contributed by atoms with E-state index in [0.29, 0.717) is 28.6 Å². The lowest BCUT2D eigenvalue weighted by atomic mass is 10.2. The minimum atomic E-state index is -0.196. The number of carbonyl (C=O) groups excluding carboxylic acids is 1. The number of nitrogens with zero attached hydrogens (tertiary/aromatic N) is 1. The van der Waals surface area contributed by atoms with Crippen molar-refractivity contribution in [2.45, 2.75) is 20.4 Å². The van der Waals surface area contributed by atoms with Crippen molar-refractivity contribution in [1.82, 2.24) is 4.57 Å². The van der Waals surface area contributed by atoms with Crippen molar-refractivity contribution < 1.29 is 4.79 Å². The minimum absolute atomic E-state index is 0.196. The molecule has 0 saturated heterocycles. The van der Waals surface area contributed by atoms with Crippen LogP contribution in [-0.2, 0) is 6.54 Å². The Morgan fingerprint density at radius 1 is 1.42 bits per heavy atom. The number of aryl methyl sites for hydroxylation is 2. The summed E-state index contributed by atoms with van der Waals surface area (Å²) in [6, 6.07) is 7.08. The zero-order chi connectivity index (χ0) is 14.0. The van der Waals surface area contributed by atoms with Gasteiger partial charge in [0.2, 0.25) is 0 Å². The van der Waals surface area contributed by atoms with E-state index in [-0.39, 0.29) is 5.91 Å². The lowest BCUT2D eigenvalue weighted by Gasteiger charge is -2.08. The average molecular weight is 278 g/mol. The highest BCUT2D eigenvalue weighted by Crippen LogP contribution is 2.21. The number of benzene rings is 1. The fourth-order valence-corrected chi connectivity index (χ4v) is 2.03. The van der Waals surface area contributed by atoms with Gasteiger partial charge in [-0.25, -0.2) is 0 Å². The SMILES string of the molecule is CCn1cc(N)cc1C(=O)Nc1ccc(C)c(Cl)c1. The summed E-state index contributed by atoms with van der Waals surface area (Å²) in [5.41, 5.74) is 8.47. The Labute approximate surface area is 117 Å². The second kappa shape index (κ2) is 5.36. The first-order valence-electron chi connectivity index (χ1n) is 6.04. The number of nitrogens with one attached hydrogen (secondary N) is 1. The number of hydrogen-bond acceptors (Lipinski definition) is 2. The summed E-state index contributed by atoms with van der Waals surface area (Å²) in [6.07, 6.45) is 1.75. The number of nitrogen functional groups attached to an aromatic ring is 1. The van der Waals surface area contributed by atoms with Crippen molar-refractivity contribution in [3.8, 4) is 0 Å². The molecule has 100 valence electrons. The number of amides is 1. The molecule has 0 aliphatic heterocycles. The molecule has 0 spiro atoms. The molecule has 3 N–H and O–H groups in total. The van der Waals surface area contributed by atoms with E-state index in [4.69, 9.17) is 17.3 Å². The maximum absolute atomic E-state index is 12.2. The number of anilines is 2. The molecule has 2 aromatic rings. The third-order valence-corrected chi connectivity index (χ3v) is 3.33. The molecule has 0 saturated carbocycles. The third-order valence-electron chi connectivity index (χ3n) is 2.92. The Morgan fingerprint density at radius 3 is 2.79 bits per heavy atom. The second-order valence-electron chi connectivity index (χ2n) is 4.36. The van der Waals surface area contributed by atoms with Gasteiger partial charge >= 0.3 is 0 Å². The molecule has 0 bridgehead atoms. The molecule has 19 heavy (non-hydrogen) atoms. The first-order valence-corrected chi connectivity index (χ1v) is 6.42. The van der Waals surface area contributed by atoms with Gasteiger partial charge in [-0.2, -0.15) is 0 Å². The van der Waals surface area contributed by atoms with Gasteiger partial charge in [0, 0.05) is 23.5 Å². The molecule has 0 fully saturated rings. The maximum atomic E-state index is 12.2. The van der Waals surface area contributed by atoms with Crippen LogP contribution in [0.5, 0.6) is 0 Å². The predicted octanol–water partition coefficient (Wildman–Crippen LogP) is 3.30. The number of hydrogen-bond donors (Lipinski definition) is 2. The molecular formula is C14H16ClN3O. The summed E-state index contributed by atoms with van der Waals surface area (Å²) in [7, 11) is 0. The van der Waals surface area contributed by atoms with Crippen LogP contribution in [0, 0.1) is 6.92 Å². The smallest absolute Gasteiger partial charge is 0.272 e. The molecule has 2 rings (SSSR count). The Hall–Kier alpha value is -1.94. The first kappa shape index (κ1) is 13.5. The molecule has 0 aliphatic carbocycles. The highest BCUT2D eigenvalue weighted by atomic mass is 35.5. The van der Waals surface area contributed by atoms with Gasteiger partial charge in [0.15, 0.2) is 0 Å². The van der Waals surface area contributed by atoms with Crippen LogP contribution in [0.1, 0.15) is 23.0 Å². The summed E-state index contributed by atoms with van der Waals surface area (Å²) < 4.78 is 1.81. The summed E-state index contributed by atoms with van der Waals surface area (Å²) >= 11 is 6.03. The van der Waals surface area contributed by atoms with E-state index in [1.54, 1.807) is 22.9 Å². The zero-order valence-electron chi connectivity index (χ0n) is 10.9. The molecule has 0 aliphatic rings. The summed E-state index contributed by atoms with van der Waals surface area (Å²) in [4.78, 5) is 12.2. The van der Waals surface area contributed by atoms with E-state index < -0.39 is 0 Å². The van der Waals surface area contributed by atoms with Crippen LogP contribution < -0.4 is 11.1 Å². The van der Waals surface area contributed by atoms with Crippen LogP contribution in [0.3, 0.4) is 0 Å². The third kappa shape index (κ3) is 2.90. The molecule has 4 nitrogen and oxygen atoms in total. The van der Waals surface area contributed by atoms with Crippen molar-refractivity contribution in [1.29, 1.82) is 0 Å². The van der Waals surface area contributed by atoms with Crippen molar-refractivity contribution in [3.05, 3.63) is 46.7 Å². The highest BCUT2D eigenvalue weighted by molar-refractivity contribution is 6.31. The summed E-state index contributed by atoms with van der Waals surface area (Å²) in [5.74, 6) is -0.196. The van der Waals surface area contributed by atoms with E-state index in [1.165, 1.54) is 0 Å². The van der Waals surface area contributed by atoms with E-state index in [2.05, 4.69) is 5.32 Å². The predicted molar refractivity (Wildman–Crippen MR) is 78.7 cm³/mol. The molecular weight excluding hydrogens is 262 g/mol. The highest BCUT2D eigenvalue weighted by Gasteiger charge is 2.12. The van der Waals surface area contributed by atoms with Crippen LogP contribution in [0.25, 0.3) is 0 Å². The largest absolute Gasteiger partial charge is 0.397 e. The van der Waals surface area contributed by atoms with E-state index in [9.17, 15) is 4.79 Å². The quantitative estimate of drug-likeness (QED) is 0.904. The Balaban J connectivity index is 2.22. The van der Waals surface area contributed by atoms with Gasteiger partial charge < -0.3 is 15.6 Å². The number of nitrogens with two attached hydrogens (primary N) is 1. The number of halogens is 1. The Morgan fingerprint density at radius 2 is 2.16 bits per heavy atom. The zero-order valence-corrected chi connectivity index (χ0v) is 11.7. The van der Waals surface area contributed by atoms with Gasteiger partial charge in [-0.05, 0) is 37.6 Å². The number of aromatic nitrogens is 1. The maximum Gasteiger partial charge on any atom is 0.272 e. The number of rotatable bonds is 3. The van der Waals surface area contributed by atoms with Crippen molar-refractivity contribution in [2.24, 2.45) is 0 Å². The molecule has 1 aromatic carbocycles. The molecule has 1 heterocycles. The summed E-state index contributed by atoms with van der Waals surface area (Å²) in [6.45, 7) is 4.56. The van der Waals surface area contributed by atoms with Crippen LogP contribution in [0.2, 0.25) is 5.02 Å². The molecule has 5 heteroatoms. The van der Waals surface area contributed by atoms with Crippen molar-refractivity contribution in [2.75, 3.05) is 11.1 Å². The van der Waals surface area contributed by atoms with E-state index in [1.807, 2.05) is 26.0 Å². The topological polar surface area (TPSA) is 60.0 Å². The standard InChI is InChI=1S/C14H16ClN3O/c1-3-18-8-10(16)6-13(18)14(19)17-11-5-4-9(2)12(15)7-11/h4-8H,3,16H2,1-2H3,(H,17,19). The lowest BCUT2D eigenvalue weighted by Crippen LogP contribution is -2.16. The van der Waals surface area contributed by atoms with Crippen LogP contribution in [0.15, 0.2) is 30.5 Å². The average Bonchev–Trinajstić information content (AvgIpc) is 2.75. The van der Waals surface area contributed by atoms with Crippen LogP contribution in [-0.4, -0.2) is 10.5 Å².